The quantitative estimate of drug-likeness (QED) is 0.780. The average molecular weight is 216 g/mol. The molecule has 0 fully saturated rings. The van der Waals surface area contributed by atoms with Crippen LogP contribution in [0.25, 0.3) is 0 Å². The maximum Gasteiger partial charge on any atom is 0.177 e. The molecule has 0 saturated carbocycles. The van der Waals surface area contributed by atoms with Gasteiger partial charge in [-0.25, -0.2) is 0 Å². The van der Waals surface area contributed by atoms with Crippen molar-refractivity contribution in [1.82, 2.24) is 9.55 Å². The van der Waals surface area contributed by atoms with Crippen LogP contribution in [0, 0.1) is 11.7 Å². The molecule has 1 aromatic rings. The molecular weight excluding hydrogens is 200 g/mol. The molecule has 0 radical (unpaired) electrons. The van der Waals surface area contributed by atoms with Gasteiger partial charge >= 0.3 is 0 Å². The number of aromatic nitrogens is 2. The molecule has 1 rings (SSSR count). The molecule has 1 N–H and O–H groups in total. The van der Waals surface area contributed by atoms with Gasteiger partial charge in [-0.3, -0.25) is 0 Å². The van der Waals surface area contributed by atoms with Gasteiger partial charge in [0.25, 0.3) is 0 Å². The Bertz CT molecular complexity index is 314. The number of hydrogen-bond acceptors (Lipinski definition) is 2. The van der Waals surface area contributed by atoms with Gasteiger partial charge in [0.05, 0.1) is 0 Å². The van der Waals surface area contributed by atoms with Gasteiger partial charge in [-0.05, 0) is 31.8 Å². The second kappa shape index (κ2) is 4.86. The summed E-state index contributed by atoms with van der Waals surface area (Å²) < 4.78 is 2.97. The molecule has 0 amide bonds. The van der Waals surface area contributed by atoms with Gasteiger partial charge in [-0.2, -0.15) is 11.8 Å². The highest BCUT2D eigenvalue weighted by molar-refractivity contribution is 7.99. The summed E-state index contributed by atoms with van der Waals surface area (Å²) in [4.78, 5) is 3.13. The molecule has 13 heavy (non-hydrogen) atoms. The van der Waals surface area contributed by atoms with Gasteiger partial charge in [0.2, 0.25) is 0 Å². The number of aromatic amines is 1. The largest absolute Gasteiger partial charge is 0.335 e. The molecule has 1 atom stereocenters. The van der Waals surface area contributed by atoms with E-state index in [1.54, 1.807) is 0 Å². The molecule has 0 bridgehead atoms. The molecule has 0 aliphatic heterocycles. The van der Waals surface area contributed by atoms with E-state index in [0.717, 1.165) is 16.2 Å². The molecule has 4 heteroatoms. The SMILES string of the molecule is CCSCC(C)n1cc(C)[nH]c1=S. The lowest BCUT2D eigenvalue weighted by Gasteiger charge is -2.11. The van der Waals surface area contributed by atoms with Crippen LogP contribution >= 0.6 is 24.0 Å². The molecule has 1 unspecified atom stereocenters. The van der Waals surface area contributed by atoms with Crippen LogP contribution in [0.4, 0.5) is 0 Å². The Balaban J connectivity index is 2.70. The van der Waals surface area contributed by atoms with E-state index in [0.29, 0.717) is 6.04 Å². The second-order valence-electron chi connectivity index (χ2n) is 3.16. The Morgan fingerprint density at radius 2 is 2.38 bits per heavy atom. The third kappa shape index (κ3) is 2.88. The molecular formula is C9H16N2S2. The topological polar surface area (TPSA) is 20.7 Å². The molecule has 1 aromatic heterocycles. The van der Waals surface area contributed by atoms with E-state index in [2.05, 4.69) is 29.6 Å². The zero-order chi connectivity index (χ0) is 9.84. The van der Waals surface area contributed by atoms with Gasteiger partial charge < -0.3 is 9.55 Å². The normalized spacial score (nSPS) is 13.2. The Kier molecular flexibility index (Phi) is 4.06. The van der Waals surface area contributed by atoms with E-state index in [1.165, 1.54) is 5.75 Å². The highest BCUT2D eigenvalue weighted by atomic mass is 32.2. The Morgan fingerprint density at radius 3 is 2.85 bits per heavy atom. The van der Waals surface area contributed by atoms with E-state index in [4.69, 9.17) is 12.2 Å². The van der Waals surface area contributed by atoms with E-state index >= 15 is 0 Å². The van der Waals surface area contributed by atoms with E-state index in [-0.39, 0.29) is 0 Å². The lowest BCUT2D eigenvalue weighted by atomic mass is 10.4. The second-order valence-corrected chi connectivity index (χ2v) is 4.86. The maximum atomic E-state index is 5.20. The summed E-state index contributed by atoms with van der Waals surface area (Å²) in [6.45, 7) is 6.41. The first-order valence-electron chi connectivity index (χ1n) is 4.50. The maximum absolute atomic E-state index is 5.20. The molecule has 0 aliphatic rings. The number of rotatable bonds is 4. The third-order valence-corrected chi connectivity index (χ3v) is 3.35. The van der Waals surface area contributed by atoms with Crippen molar-refractivity contribution in [1.29, 1.82) is 0 Å². The average Bonchev–Trinajstić information content (AvgIpc) is 2.41. The number of thioether (sulfide) groups is 1. The summed E-state index contributed by atoms with van der Waals surface area (Å²) in [5.74, 6) is 2.29. The van der Waals surface area contributed by atoms with E-state index in [9.17, 15) is 0 Å². The van der Waals surface area contributed by atoms with Crippen molar-refractivity contribution in [2.75, 3.05) is 11.5 Å². The number of nitrogens with one attached hydrogen (secondary N) is 1. The number of H-pyrrole nitrogens is 1. The van der Waals surface area contributed by atoms with Crippen LogP contribution in [0.5, 0.6) is 0 Å². The summed E-state index contributed by atoms with van der Waals surface area (Å²) in [6.07, 6.45) is 2.09. The lowest BCUT2D eigenvalue weighted by molar-refractivity contribution is 0.601. The monoisotopic (exact) mass is 216 g/mol. The van der Waals surface area contributed by atoms with Crippen molar-refractivity contribution in [3.05, 3.63) is 16.7 Å². The van der Waals surface area contributed by atoms with Crippen LogP contribution in [-0.2, 0) is 0 Å². The standard InChI is InChI=1S/C9H16N2S2/c1-4-13-6-8(3)11-5-7(2)10-9(11)12/h5,8H,4,6H2,1-3H3,(H,10,12). The molecule has 1 heterocycles. The third-order valence-electron chi connectivity index (χ3n) is 1.91. The predicted molar refractivity (Wildman–Crippen MR) is 62.1 cm³/mol. The van der Waals surface area contributed by atoms with Gasteiger partial charge in [0, 0.05) is 23.7 Å². The van der Waals surface area contributed by atoms with Crippen LogP contribution < -0.4 is 0 Å². The van der Waals surface area contributed by atoms with Crippen molar-refractivity contribution in [3.8, 4) is 0 Å². The van der Waals surface area contributed by atoms with Gasteiger partial charge in [0.1, 0.15) is 0 Å². The van der Waals surface area contributed by atoms with Crippen molar-refractivity contribution >= 4 is 24.0 Å². The lowest BCUT2D eigenvalue weighted by Crippen LogP contribution is -2.06. The Labute approximate surface area is 88.7 Å². The summed E-state index contributed by atoms with van der Waals surface area (Å²) >= 11 is 7.15. The van der Waals surface area contributed by atoms with Gasteiger partial charge in [-0.15, -0.1) is 0 Å². The number of aryl methyl sites for hydroxylation is 1. The van der Waals surface area contributed by atoms with Crippen molar-refractivity contribution in [2.45, 2.75) is 26.8 Å². The Morgan fingerprint density at radius 1 is 1.69 bits per heavy atom. The van der Waals surface area contributed by atoms with Crippen LogP contribution in [0.2, 0.25) is 0 Å². The summed E-state index contributed by atoms with van der Waals surface area (Å²) in [5, 5.41) is 0. The van der Waals surface area contributed by atoms with Crippen LogP contribution in [0.15, 0.2) is 6.20 Å². The highest BCUT2D eigenvalue weighted by Gasteiger charge is 2.05. The fraction of sp³-hybridized carbons (Fsp3) is 0.667. The zero-order valence-electron chi connectivity index (χ0n) is 8.33. The molecule has 0 aliphatic carbocycles. The molecule has 0 saturated heterocycles. The summed E-state index contributed by atoms with van der Waals surface area (Å²) in [5.41, 5.74) is 1.14. The minimum Gasteiger partial charge on any atom is -0.335 e. The minimum atomic E-state index is 0.488. The molecule has 0 spiro atoms. The minimum absolute atomic E-state index is 0.488. The molecule has 74 valence electrons. The van der Waals surface area contributed by atoms with Gasteiger partial charge in [-0.1, -0.05) is 6.92 Å². The zero-order valence-corrected chi connectivity index (χ0v) is 9.97. The predicted octanol–water partition coefficient (Wildman–Crippen LogP) is 3.17. The fourth-order valence-corrected chi connectivity index (χ4v) is 2.36. The van der Waals surface area contributed by atoms with E-state index in [1.807, 2.05) is 18.7 Å². The van der Waals surface area contributed by atoms with E-state index < -0.39 is 0 Å². The number of imidazole rings is 1. The first-order chi connectivity index (χ1) is 6.15. The highest BCUT2D eigenvalue weighted by Crippen LogP contribution is 2.14. The molecule has 2 nitrogen and oxygen atoms in total. The summed E-state index contributed by atoms with van der Waals surface area (Å²) in [6, 6.07) is 0.488. The van der Waals surface area contributed by atoms with Crippen molar-refractivity contribution in [2.24, 2.45) is 0 Å². The fourth-order valence-electron chi connectivity index (χ4n) is 1.23. The summed E-state index contributed by atoms with van der Waals surface area (Å²) in [7, 11) is 0. The van der Waals surface area contributed by atoms with Crippen LogP contribution in [0.1, 0.15) is 25.6 Å². The smallest absolute Gasteiger partial charge is 0.177 e. The Hall–Kier alpha value is -0.220. The number of nitrogens with zero attached hydrogens (tertiary/aromatic N) is 1. The molecule has 0 aromatic carbocycles. The van der Waals surface area contributed by atoms with Crippen LogP contribution in [0.3, 0.4) is 0 Å². The first kappa shape index (κ1) is 10.9. The van der Waals surface area contributed by atoms with Crippen molar-refractivity contribution < 1.29 is 0 Å². The van der Waals surface area contributed by atoms with Gasteiger partial charge in [0.15, 0.2) is 4.77 Å². The van der Waals surface area contributed by atoms with Crippen molar-refractivity contribution in [3.63, 3.8) is 0 Å². The van der Waals surface area contributed by atoms with Crippen LogP contribution in [-0.4, -0.2) is 21.1 Å². The number of hydrogen-bond donors (Lipinski definition) is 1. The first-order valence-corrected chi connectivity index (χ1v) is 6.07.